The van der Waals surface area contributed by atoms with E-state index in [1.165, 1.54) is 12.1 Å². The lowest BCUT2D eigenvalue weighted by Crippen LogP contribution is -2.12. The molecule has 0 unspecified atom stereocenters. The minimum absolute atomic E-state index is 0.0123. The molecule has 4 rings (SSSR count). The Morgan fingerprint density at radius 1 is 1.07 bits per heavy atom. The zero-order valence-corrected chi connectivity index (χ0v) is 15.8. The molecule has 28 heavy (non-hydrogen) atoms. The average Bonchev–Trinajstić information content (AvgIpc) is 3.13. The van der Waals surface area contributed by atoms with Gasteiger partial charge in [-0.15, -0.1) is 11.3 Å². The number of nitrogens with zero attached hydrogens (tertiary/aromatic N) is 2. The van der Waals surface area contributed by atoms with Crippen LogP contribution in [0.15, 0.2) is 66.7 Å². The van der Waals surface area contributed by atoms with Crippen molar-refractivity contribution in [1.82, 2.24) is 4.98 Å². The van der Waals surface area contributed by atoms with Crippen molar-refractivity contribution in [1.29, 1.82) is 0 Å². The number of halogens is 1. The minimum atomic E-state index is -0.619. The van der Waals surface area contributed by atoms with Crippen molar-refractivity contribution in [2.24, 2.45) is 0 Å². The van der Waals surface area contributed by atoms with E-state index >= 15 is 0 Å². The van der Waals surface area contributed by atoms with Crippen LogP contribution in [0.5, 0.6) is 0 Å². The molecule has 0 aliphatic rings. The number of para-hydroxylation sites is 1. The van der Waals surface area contributed by atoms with E-state index in [0.29, 0.717) is 5.69 Å². The first-order valence-electron chi connectivity index (χ1n) is 8.22. The molecule has 0 aliphatic carbocycles. The Bertz CT molecular complexity index is 1170. The maximum atomic E-state index is 12.4. The van der Waals surface area contributed by atoms with Gasteiger partial charge in [0, 0.05) is 22.9 Å². The highest BCUT2D eigenvalue weighted by molar-refractivity contribution is 7.21. The number of nitrogens with one attached hydrogen (secondary N) is 1. The predicted molar refractivity (Wildman–Crippen MR) is 111 cm³/mol. The summed E-state index contributed by atoms with van der Waals surface area (Å²) in [4.78, 5) is 27.4. The first-order valence-corrected chi connectivity index (χ1v) is 9.42. The number of thiazole rings is 1. The maximum absolute atomic E-state index is 12.4. The van der Waals surface area contributed by atoms with Crippen molar-refractivity contribution in [3.63, 3.8) is 0 Å². The smallest absolute Gasteiger partial charge is 0.288 e. The Morgan fingerprint density at radius 2 is 1.82 bits per heavy atom. The van der Waals surface area contributed by atoms with Crippen molar-refractivity contribution in [2.45, 2.75) is 0 Å². The highest BCUT2D eigenvalue weighted by atomic mass is 35.5. The SMILES string of the molecule is O=C(Nc1ccc(-c2nc3ccccc3s2)cc1)c1ccc(Cl)c([N+](=O)[O-])c1. The van der Waals surface area contributed by atoms with Gasteiger partial charge in [0.15, 0.2) is 0 Å². The van der Waals surface area contributed by atoms with Gasteiger partial charge in [-0.1, -0.05) is 23.7 Å². The number of carbonyl (C=O) groups is 1. The number of anilines is 1. The highest BCUT2D eigenvalue weighted by Crippen LogP contribution is 2.31. The first kappa shape index (κ1) is 18.1. The zero-order chi connectivity index (χ0) is 19.7. The van der Waals surface area contributed by atoms with Gasteiger partial charge in [0.25, 0.3) is 11.6 Å². The minimum Gasteiger partial charge on any atom is -0.322 e. The molecule has 3 aromatic carbocycles. The number of hydrogen-bond acceptors (Lipinski definition) is 5. The van der Waals surface area contributed by atoms with Gasteiger partial charge >= 0.3 is 0 Å². The van der Waals surface area contributed by atoms with E-state index in [9.17, 15) is 14.9 Å². The lowest BCUT2D eigenvalue weighted by atomic mass is 10.1. The molecular weight excluding hydrogens is 398 g/mol. The van der Waals surface area contributed by atoms with Crippen LogP contribution in [-0.2, 0) is 0 Å². The predicted octanol–water partition coefficient (Wildman–Crippen LogP) is 5.78. The number of benzene rings is 3. The number of carbonyl (C=O) groups excluding carboxylic acids is 1. The summed E-state index contributed by atoms with van der Waals surface area (Å²) in [5.74, 6) is -0.451. The number of rotatable bonds is 4. The number of nitro benzene ring substituents is 1. The Hall–Kier alpha value is -3.29. The van der Waals surface area contributed by atoms with Crippen molar-refractivity contribution in [2.75, 3.05) is 5.32 Å². The van der Waals surface area contributed by atoms with Crippen LogP contribution in [0.2, 0.25) is 5.02 Å². The lowest BCUT2D eigenvalue weighted by Gasteiger charge is -2.06. The summed E-state index contributed by atoms with van der Waals surface area (Å²) in [6.45, 7) is 0. The largest absolute Gasteiger partial charge is 0.322 e. The van der Waals surface area contributed by atoms with Gasteiger partial charge in [-0.2, -0.15) is 0 Å². The van der Waals surface area contributed by atoms with Crippen LogP contribution in [0.1, 0.15) is 10.4 Å². The summed E-state index contributed by atoms with van der Waals surface area (Å²) in [5.41, 5.74) is 2.32. The van der Waals surface area contributed by atoms with Crippen LogP contribution in [-0.4, -0.2) is 15.8 Å². The molecule has 1 amide bonds. The fourth-order valence-corrected chi connectivity index (χ4v) is 3.85. The van der Waals surface area contributed by atoms with Gasteiger partial charge in [0.05, 0.1) is 15.1 Å². The standard InChI is InChI=1S/C20H12ClN3O3S/c21-15-10-7-13(11-17(15)24(26)27)19(25)22-14-8-5-12(6-9-14)20-23-16-3-1-2-4-18(16)28-20/h1-11H,(H,22,25). The second kappa shape index (κ2) is 7.38. The molecule has 0 spiro atoms. The topological polar surface area (TPSA) is 85.1 Å². The second-order valence-electron chi connectivity index (χ2n) is 5.94. The van der Waals surface area contributed by atoms with Crippen molar-refractivity contribution >= 4 is 50.4 Å². The Labute approximate surface area is 168 Å². The average molecular weight is 410 g/mol. The van der Waals surface area contributed by atoms with Crippen LogP contribution in [0.3, 0.4) is 0 Å². The Balaban J connectivity index is 1.54. The monoisotopic (exact) mass is 409 g/mol. The third kappa shape index (κ3) is 3.58. The summed E-state index contributed by atoms with van der Waals surface area (Å²) in [5, 5.41) is 14.6. The van der Waals surface area contributed by atoms with Gasteiger partial charge in [0.2, 0.25) is 0 Å². The molecule has 6 nitrogen and oxygen atoms in total. The van der Waals surface area contributed by atoms with E-state index in [1.807, 2.05) is 36.4 Å². The molecule has 0 saturated carbocycles. The number of aromatic nitrogens is 1. The van der Waals surface area contributed by atoms with Gasteiger partial charge in [0.1, 0.15) is 10.0 Å². The summed E-state index contributed by atoms with van der Waals surface area (Å²) in [7, 11) is 0. The fourth-order valence-electron chi connectivity index (χ4n) is 2.69. The quantitative estimate of drug-likeness (QED) is 0.342. The second-order valence-corrected chi connectivity index (χ2v) is 7.38. The third-order valence-electron chi connectivity index (χ3n) is 4.09. The number of amides is 1. The summed E-state index contributed by atoms with van der Waals surface area (Å²) >= 11 is 7.38. The van der Waals surface area contributed by atoms with Crippen LogP contribution in [0.25, 0.3) is 20.8 Å². The number of nitro groups is 1. The summed E-state index contributed by atoms with van der Waals surface area (Å²) < 4.78 is 1.11. The zero-order valence-electron chi connectivity index (χ0n) is 14.3. The molecule has 8 heteroatoms. The van der Waals surface area contributed by atoms with Crippen LogP contribution >= 0.6 is 22.9 Å². The molecule has 0 saturated heterocycles. The fraction of sp³-hybridized carbons (Fsp3) is 0. The van der Waals surface area contributed by atoms with Crippen LogP contribution < -0.4 is 5.32 Å². The van der Waals surface area contributed by atoms with Gasteiger partial charge in [-0.25, -0.2) is 4.98 Å². The van der Waals surface area contributed by atoms with Crippen molar-refractivity contribution < 1.29 is 9.72 Å². The van der Waals surface area contributed by atoms with Gasteiger partial charge < -0.3 is 5.32 Å². The van der Waals surface area contributed by atoms with Crippen molar-refractivity contribution in [3.8, 4) is 10.6 Å². The summed E-state index contributed by atoms with van der Waals surface area (Å²) in [6, 6.07) is 19.1. The molecule has 138 valence electrons. The molecule has 1 aromatic heterocycles. The first-order chi connectivity index (χ1) is 13.5. The van der Waals surface area contributed by atoms with E-state index in [2.05, 4.69) is 10.3 Å². The number of hydrogen-bond donors (Lipinski definition) is 1. The Morgan fingerprint density at radius 3 is 2.54 bits per heavy atom. The van der Waals surface area contributed by atoms with E-state index in [1.54, 1.807) is 23.5 Å². The van der Waals surface area contributed by atoms with Crippen molar-refractivity contribution in [3.05, 3.63) is 87.4 Å². The molecule has 0 atom stereocenters. The van der Waals surface area contributed by atoms with E-state index < -0.39 is 10.8 Å². The maximum Gasteiger partial charge on any atom is 0.288 e. The number of fused-ring (bicyclic) bond motifs is 1. The van der Waals surface area contributed by atoms with E-state index in [-0.39, 0.29) is 16.3 Å². The molecule has 1 N–H and O–H groups in total. The molecule has 0 radical (unpaired) electrons. The van der Waals surface area contributed by atoms with Crippen LogP contribution in [0, 0.1) is 10.1 Å². The lowest BCUT2D eigenvalue weighted by molar-refractivity contribution is -0.384. The van der Waals surface area contributed by atoms with Gasteiger partial charge in [-0.3, -0.25) is 14.9 Å². The van der Waals surface area contributed by atoms with E-state index in [0.717, 1.165) is 26.9 Å². The van der Waals surface area contributed by atoms with E-state index in [4.69, 9.17) is 11.6 Å². The molecule has 4 aromatic rings. The molecule has 1 heterocycles. The third-order valence-corrected chi connectivity index (χ3v) is 5.49. The highest BCUT2D eigenvalue weighted by Gasteiger charge is 2.16. The van der Waals surface area contributed by atoms with Crippen LogP contribution in [0.4, 0.5) is 11.4 Å². The van der Waals surface area contributed by atoms with Gasteiger partial charge in [-0.05, 0) is 48.5 Å². The molecule has 0 bridgehead atoms. The summed E-state index contributed by atoms with van der Waals surface area (Å²) in [6.07, 6.45) is 0. The molecular formula is C20H12ClN3O3S. The normalized spacial score (nSPS) is 10.8. The molecule has 0 aliphatic heterocycles. The molecule has 0 fully saturated rings. The Kier molecular flexibility index (Phi) is 4.77.